The molecule has 2 rings (SSSR count). The highest BCUT2D eigenvalue weighted by Gasteiger charge is 2.13. The highest BCUT2D eigenvalue weighted by molar-refractivity contribution is 9.10. The molecule has 134 valence electrons. The van der Waals surface area contributed by atoms with E-state index in [-0.39, 0.29) is 12.1 Å². The summed E-state index contributed by atoms with van der Waals surface area (Å²) in [6.07, 6.45) is 2.81. The normalized spacial score (nSPS) is 13.6. The average molecular weight is 406 g/mol. The SMILES string of the molecule is CC(C)(C)NC[C@@H](O)CON=C(c1ccccc1)c1cncc(Br)c1. The van der Waals surface area contributed by atoms with Crippen molar-refractivity contribution < 1.29 is 9.94 Å². The van der Waals surface area contributed by atoms with E-state index in [2.05, 4.69) is 31.4 Å². The van der Waals surface area contributed by atoms with E-state index < -0.39 is 6.10 Å². The van der Waals surface area contributed by atoms with E-state index >= 15 is 0 Å². The molecule has 1 heterocycles. The van der Waals surface area contributed by atoms with Crippen molar-refractivity contribution in [3.8, 4) is 0 Å². The average Bonchev–Trinajstić information content (AvgIpc) is 2.57. The number of nitrogens with zero attached hydrogens (tertiary/aromatic N) is 2. The highest BCUT2D eigenvalue weighted by Crippen LogP contribution is 2.15. The Morgan fingerprint density at radius 1 is 1.24 bits per heavy atom. The number of hydrogen-bond donors (Lipinski definition) is 2. The molecule has 0 aliphatic rings. The van der Waals surface area contributed by atoms with Crippen LogP contribution in [0.1, 0.15) is 31.9 Å². The molecule has 2 aromatic rings. The van der Waals surface area contributed by atoms with Crippen LogP contribution >= 0.6 is 15.9 Å². The smallest absolute Gasteiger partial charge is 0.144 e. The van der Waals surface area contributed by atoms with Crippen molar-refractivity contribution in [2.45, 2.75) is 32.4 Å². The molecule has 0 amide bonds. The Morgan fingerprint density at radius 2 is 1.96 bits per heavy atom. The standard InChI is InChI=1S/C19H24BrN3O2/c1-19(2,3)22-12-17(24)13-25-23-18(14-7-5-4-6-8-14)15-9-16(20)11-21-10-15/h4-11,17,22,24H,12-13H2,1-3H3/t17-/m1/s1. The highest BCUT2D eigenvalue weighted by atomic mass is 79.9. The third-order valence-electron chi connectivity index (χ3n) is 3.32. The Morgan fingerprint density at radius 3 is 2.60 bits per heavy atom. The minimum absolute atomic E-state index is 0.0541. The van der Waals surface area contributed by atoms with Crippen LogP contribution in [0.5, 0.6) is 0 Å². The van der Waals surface area contributed by atoms with Crippen molar-refractivity contribution in [3.05, 3.63) is 64.4 Å². The van der Waals surface area contributed by atoms with Gasteiger partial charge in [-0.25, -0.2) is 0 Å². The van der Waals surface area contributed by atoms with Crippen molar-refractivity contribution in [3.63, 3.8) is 0 Å². The second kappa shape index (κ2) is 9.08. The van der Waals surface area contributed by atoms with Gasteiger partial charge in [0, 0.05) is 40.1 Å². The van der Waals surface area contributed by atoms with Crippen molar-refractivity contribution in [2.24, 2.45) is 5.16 Å². The lowest BCUT2D eigenvalue weighted by Gasteiger charge is -2.22. The molecule has 0 radical (unpaired) electrons. The molecule has 0 aliphatic carbocycles. The Bertz CT molecular complexity index is 699. The van der Waals surface area contributed by atoms with Gasteiger partial charge in [-0.15, -0.1) is 0 Å². The van der Waals surface area contributed by atoms with Crippen LogP contribution in [0.2, 0.25) is 0 Å². The number of aliphatic hydroxyl groups excluding tert-OH is 1. The number of oxime groups is 1. The van der Waals surface area contributed by atoms with Crippen LogP contribution < -0.4 is 5.32 Å². The molecule has 1 aromatic carbocycles. The molecular weight excluding hydrogens is 382 g/mol. The lowest BCUT2D eigenvalue weighted by molar-refractivity contribution is 0.0374. The summed E-state index contributed by atoms with van der Waals surface area (Å²) in [5, 5.41) is 17.5. The summed E-state index contributed by atoms with van der Waals surface area (Å²) in [5.74, 6) is 0. The monoisotopic (exact) mass is 405 g/mol. The zero-order chi connectivity index (χ0) is 18.3. The van der Waals surface area contributed by atoms with Gasteiger partial charge in [-0.2, -0.15) is 0 Å². The second-order valence-electron chi connectivity index (χ2n) is 6.78. The van der Waals surface area contributed by atoms with Gasteiger partial charge in [-0.05, 0) is 42.8 Å². The van der Waals surface area contributed by atoms with E-state index in [0.29, 0.717) is 12.3 Å². The molecule has 0 saturated carbocycles. The Hall–Kier alpha value is -1.76. The maximum Gasteiger partial charge on any atom is 0.144 e. The fraction of sp³-hybridized carbons (Fsp3) is 0.368. The predicted molar refractivity (Wildman–Crippen MR) is 104 cm³/mol. The first kappa shape index (κ1) is 19.6. The van der Waals surface area contributed by atoms with Gasteiger partial charge in [0.25, 0.3) is 0 Å². The van der Waals surface area contributed by atoms with Gasteiger partial charge < -0.3 is 15.3 Å². The molecule has 0 aliphatic heterocycles. The van der Waals surface area contributed by atoms with E-state index in [1.54, 1.807) is 12.4 Å². The van der Waals surface area contributed by atoms with Crippen LogP contribution in [0, 0.1) is 0 Å². The van der Waals surface area contributed by atoms with Gasteiger partial charge in [0.15, 0.2) is 0 Å². The van der Waals surface area contributed by atoms with Crippen LogP contribution in [0.25, 0.3) is 0 Å². The molecule has 0 bridgehead atoms. The van der Waals surface area contributed by atoms with E-state index in [4.69, 9.17) is 4.84 Å². The molecule has 2 N–H and O–H groups in total. The zero-order valence-corrected chi connectivity index (χ0v) is 16.3. The molecule has 5 nitrogen and oxygen atoms in total. The summed E-state index contributed by atoms with van der Waals surface area (Å²) in [5.41, 5.74) is 2.37. The fourth-order valence-electron chi connectivity index (χ4n) is 2.08. The fourth-order valence-corrected chi connectivity index (χ4v) is 2.45. The van der Waals surface area contributed by atoms with Gasteiger partial charge >= 0.3 is 0 Å². The Kier molecular flexibility index (Phi) is 7.11. The van der Waals surface area contributed by atoms with E-state index in [1.807, 2.05) is 57.2 Å². The first-order valence-electron chi connectivity index (χ1n) is 8.14. The van der Waals surface area contributed by atoms with Crippen LogP contribution in [0.3, 0.4) is 0 Å². The molecule has 25 heavy (non-hydrogen) atoms. The Labute approximate surface area is 157 Å². The largest absolute Gasteiger partial charge is 0.392 e. The molecule has 0 fully saturated rings. The number of rotatable bonds is 7. The third kappa shape index (κ3) is 6.94. The van der Waals surface area contributed by atoms with Gasteiger partial charge in [0.1, 0.15) is 18.4 Å². The zero-order valence-electron chi connectivity index (χ0n) is 14.7. The first-order chi connectivity index (χ1) is 11.8. The lowest BCUT2D eigenvalue weighted by Crippen LogP contribution is -2.42. The Balaban J connectivity index is 2.10. The van der Waals surface area contributed by atoms with Crippen molar-refractivity contribution in [1.82, 2.24) is 10.3 Å². The van der Waals surface area contributed by atoms with Crippen LogP contribution in [-0.4, -0.2) is 40.6 Å². The lowest BCUT2D eigenvalue weighted by atomic mass is 10.0. The number of hydrogen-bond acceptors (Lipinski definition) is 5. The molecule has 0 spiro atoms. The topological polar surface area (TPSA) is 66.7 Å². The third-order valence-corrected chi connectivity index (χ3v) is 3.75. The predicted octanol–water partition coefficient (Wildman–Crippen LogP) is 3.36. The number of halogens is 1. The summed E-state index contributed by atoms with van der Waals surface area (Å²) in [6, 6.07) is 11.7. The van der Waals surface area contributed by atoms with E-state index in [1.165, 1.54) is 0 Å². The summed E-state index contributed by atoms with van der Waals surface area (Å²) < 4.78 is 0.864. The number of β-amino-alcohol motifs (C(OH)–C–C–N with tert-alkyl or cyclic N) is 1. The van der Waals surface area contributed by atoms with Crippen molar-refractivity contribution in [1.29, 1.82) is 0 Å². The van der Waals surface area contributed by atoms with Crippen LogP contribution in [0.15, 0.2) is 58.4 Å². The maximum atomic E-state index is 10.0. The summed E-state index contributed by atoms with van der Waals surface area (Å²) in [7, 11) is 0. The van der Waals surface area contributed by atoms with Crippen molar-refractivity contribution in [2.75, 3.05) is 13.2 Å². The van der Waals surface area contributed by atoms with Crippen molar-refractivity contribution >= 4 is 21.6 Å². The quantitative estimate of drug-likeness (QED) is 0.547. The molecule has 1 atom stereocenters. The molecule has 1 aromatic heterocycles. The number of pyridine rings is 1. The number of benzene rings is 1. The van der Waals surface area contributed by atoms with Gasteiger partial charge in [0.05, 0.1) is 0 Å². The van der Waals surface area contributed by atoms with Gasteiger partial charge in [-0.1, -0.05) is 35.5 Å². The van der Waals surface area contributed by atoms with Gasteiger partial charge in [0.2, 0.25) is 0 Å². The maximum absolute atomic E-state index is 10.0. The van der Waals surface area contributed by atoms with E-state index in [9.17, 15) is 5.11 Å². The van der Waals surface area contributed by atoms with E-state index in [0.717, 1.165) is 15.6 Å². The molecule has 0 saturated heterocycles. The van der Waals surface area contributed by atoms with Crippen LogP contribution in [0.4, 0.5) is 0 Å². The summed E-state index contributed by atoms with van der Waals surface area (Å²) in [4.78, 5) is 9.61. The summed E-state index contributed by atoms with van der Waals surface area (Å²) >= 11 is 3.43. The number of aliphatic hydroxyl groups is 1. The minimum Gasteiger partial charge on any atom is -0.392 e. The number of aromatic nitrogens is 1. The van der Waals surface area contributed by atoms with Crippen LogP contribution in [-0.2, 0) is 4.84 Å². The summed E-state index contributed by atoms with van der Waals surface area (Å²) in [6.45, 7) is 6.70. The molecule has 6 heteroatoms. The second-order valence-corrected chi connectivity index (χ2v) is 7.69. The number of nitrogens with one attached hydrogen (secondary N) is 1. The van der Waals surface area contributed by atoms with Gasteiger partial charge in [-0.3, -0.25) is 4.98 Å². The minimum atomic E-state index is -0.638. The molecule has 0 unspecified atom stereocenters. The molecular formula is C19H24BrN3O2. The first-order valence-corrected chi connectivity index (χ1v) is 8.94.